The van der Waals surface area contributed by atoms with Crippen LogP contribution in [-0.2, 0) is 24.7 Å². The summed E-state index contributed by atoms with van der Waals surface area (Å²) in [7, 11) is -7.79. The molecular weight excluding hydrogens is 528 g/mol. The van der Waals surface area contributed by atoms with Crippen LogP contribution in [0.15, 0.2) is 58.1 Å². The third kappa shape index (κ3) is 6.66. The van der Waals surface area contributed by atoms with E-state index < -0.39 is 31.0 Å². The van der Waals surface area contributed by atoms with Gasteiger partial charge in [0.2, 0.25) is 15.0 Å². The Kier molecular flexibility index (Phi) is 8.08. The van der Waals surface area contributed by atoms with Crippen LogP contribution in [0.2, 0.25) is 0 Å². The third-order valence-electron chi connectivity index (χ3n) is 4.41. The molecule has 11 nitrogen and oxygen atoms in total. The minimum atomic E-state index is -4.13. The molecular formula is C22H20N4O7S3. The molecule has 0 aliphatic heterocycles. The number of nitrogens with one attached hydrogen (secondary N) is 1. The molecule has 0 aliphatic carbocycles. The second kappa shape index (κ2) is 10.9. The Bertz CT molecular complexity index is 1570. The van der Waals surface area contributed by atoms with Crippen LogP contribution >= 0.6 is 11.5 Å². The van der Waals surface area contributed by atoms with Gasteiger partial charge in [0.15, 0.2) is 11.5 Å². The molecule has 36 heavy (non-hydrogen) atoms. The molecule has 0 bridgehead atoms. The Hall–Kier alpha value is -3.80. The number of aryl methyl sites for hydroxylation is 1. The number of amides is 1. The highest BCUT2D eigenvalue weighted by molar-refractivity contribution is 7.90. The van der Waals surface area contributed by atoms with Crippen molar-refractivity contribution in [1.82, 2.24) is 9.36 Å². The molecule has 0 saturated heterocycles. The molecule has 0 fully saturated rings. The maximum absolute atomic E-state index is 12.7. The first-order valence-corrected chi connectivity index (χ1v) is 14.2. The van der Waals surface area contributed by atoms with Crippen molar-refractivity contribution in [2.45, 2.75) is 23.9 Å². The number of carbonyl (C=O) groups excluding carboxylic acids is 1. The number of carbonyl (C=O) groups is 1. The van der Waals surface area contributed by atoms with Gasteiger partial charge in [-0.3, -0.25) is 10.1 Å². The molecule has 0 radical (unpaired) electrons. The highest BCUT2D eigenvalue weighted by Crippen LogP contribution is 2.32. The van der Waals surface area contributed by atoms with Crippen molar-refractivity contribution in [1.29, 1.82) is 5.26 Å². The first-order valence-electron chi connectivity index (χ1n) is 10.2. The predicted molar refractivity (Wildman–Crippen MR) is 132 cm³/mol. The zero-order chi connectivity index (χ0) is 26.5. The van der Waals surface area contributed by atoms with Crippen LogP contribution < -0.4 is 14.2 Å². The van der Waals surface area contributed by atoms with Crippen molar-refractivity contribution in [2.75, 3.05) is 18.2 Å². The van der Waals surface area contributed by atoms with Crippen molar-refractivity contribution in [3.05, 3.63) is 59.2 Å². The highest BCUT2D eigenvalue weighted by Gasteiger charge is 2.20. The summed E-state index contributed by atoms with van der Waals surface area (Å²) < 4.78 is 62.8. The van der Waals surface area contributed by atoms with Crippen LogP contribution in [0.1, 0.15) is 18.1 Å². The second-order valence-electron chi connectivity index (χ2n) is 7.27. The number of nitrogens with zero attached hydrogens (tertiary/aromatic N) is 3. The summed E-state index contributed by atoms with van der Waals surface area (Å²) in [5, 5.41) is 11.2. The van der Waals surface area contributed by atoms with Crippen LogP contribution in [0.4, 0.5) is 5.13 Å². The number of hydrogen-bond acceptors (Lipinski definition) is 11. The fraction of sp³-hybridized carbons (Fsp3) is 0.182. The number of rotatable bonds is 9. The SMILES string of the molecule is CCOc1cc(/C=C(/C#N)C(=O)Nc2nc(S(C)(=O)=O)ns2)ccc1OS(=O)(=O)c1ccc(C)cc1. The molecule has 3 aromatic rings. The Morgan fingerprint density at radius 3 is 2.42 bits per heavy atom. The molecule has 3 rings (SSSR count). The number of hydrogen-bond donors (Lipinski definition) is 1. The van der Waals surface area contributed by atoms with Gasteiger partial charge in [0.05, 0.1) is 6.61 Å². The van der Waals surface area contributed by atoms with Crippen molar-refractivity contribution in [2.24, 2.45) is 0 Å². The minimum Gasteiger partial charge on any atom is -0.490 e. The number of ether oxygens (including phenoxy) is 1. The summed E-state index contributed by atoms with van der Waals surface area (Å²) in [5.41, 5.74) is 0.910. The van der Waals surface area contributed by atoms with E-state index >= 15 is 0 Å². The lowest BCUT2D eigenvalue weighted by molar-refractivity contribution is -0.112. The Labute approximate surface area is 212 Å². The lowest BCUT2D eigenvalue weighted by Crippen LogP contribution is -2.13. The summed E-state index contributed by atoms with van der Waals surface area (Å²) in [6.45, 7) is 3.72. The van der Waals surface area contributed by atoms with Gasteiger partial charge >= 0.3 is 10.1 Å². The fourth-order valence-electron chi connectivity index (χ4n) is 2.71. The molecule has 1 amide bonds. The molecule has 0 atom stereocenters. The quantitative estimate of drug-likeness (QED) is 0.239. The van der Waals surface area contributed by atoms with E-state index in [1.165, 1.54) is 36.4 Å². The van der Waals surface area contributed by atoms with E-state index in [1.807, 2.05) is 6.92 Å². The maximum atomic E-state index is 12.7. The first-order chi connectivity index (χ1) is 16.9. The monoisotopic (exact) mass is 548 g/mol. The Balaban J connectivity index is 1.86. The van der Waals surface area contributed by atoms with Crippen molar-refractivity contribution >= 4 is 48.6 Å². The van der Waals surface area contributed by atoms with Crippen molar-refractivity contribution in [3.8, 4) is 17.6 Å². The minimum absolute atomic E-state index is 0.0290. The lowest BCUT2D eigenvalue weighted by atomic mass is 10.1. The van der Waals surface area contributed by atoms with Crippen LogP contribution in [0.25, 0.3) is 6.08 Å². The van der Waals surface area contributed by atoms with E-state index in [-0.39, 0.29) is 33.7 Å². The molecule has 188 valence electrons. The van der Waals surface area contributed by atoms with E-state index in [2.05, 4.69) is 14.7 Å². The summed E-state index contributed by atoms with van der Waals surface area (Å²) in [5.74, 6) is -0.824. The smallest absolute Gasteiger partial charge is 0.339 e. The van der Waals surface area contributed by atoms with Gasteiger partial charge in [0.25, 0.3) is 11.1 Å². The van der Waals surface area contributed by atoms with Crippen molar-refractivity contribution in [3.63, 3.8) is 0 Å². The lowest BCUT2D eigenvalue weighted by Gasteiger charge is -2.13. The van der Waals surface area contributed by atoms with E-state index in [1.54, 1.807) is 25.1 Å². The zero-order valence-electron chi connectivity index (χ0n) is 19.3. The molecule has 1 heterocycles. The largest absolute Gasteiger partial charge is 0.490 e. The van der Waals surface area contributed by atoms with Crippen LogP contribution in [0, 0.1) is 18.3 Å². The van der Waals surface area contributed by atoms with E-state index in [9.17, 15) is 26.9 Å². The summed E-state index contributed by atoms with van der Waals surface area (Å²) in [4.78, 5) is 16.2. The van der Waals surface area contributed by atoms with Crippen LogP contribution in [0.5, 0.6) is 11.5 Å². The van der Waals surface area contributed by atoms with Gasteiger partial charge in [0.1, 0.15) is 16.5 Å². The number of sulfone groups is 1. The molecule has 0 aliphatic rings. The Morgan fingerprint density at radius 2 is 1.83 bits per heavy atom. The summed E-state index contributed by atoms with van der Waals surface area (Å²) in [6, 6.07) is 12.1. The number of aromatic nitrogens is 2. The molecule has 2 aromatic carbocycles. The molecule has 0 spiro atoms. The van der Waals surface area contributed by atoms with Gasteiger partial charge < -0.3 is 8.92 Å². The average molecular weight is 549 g/mol. The standard InChI is InChI=1S/C22H20N4O7S3/c1-4-32-19-12-15(7-10-18(19)33-36(30,31)17-8-5-14(2)6-9-17)11-16(13-23)20(27)24-21-25-22(26-34-21)35(3,28)29/h5-12H,4H2,1-3H3,(H,24,25,26,27)/b16-11-. The van der Waals surface area contributed by atoms with Gasteiger partial charge in [0, 0.05) is 17.8 Å². The van der Waals surface area contributed by atoms with E-state index in [0.717, 1.165) is 11.8 Å². The first kappa shape index (κ1) is 26.8. The second-order valence-corrected chi connectivity index (χ2v) is 11.5. The molecule has 0 saturated carbocycles. The van der Waals surface area contributed by atoms with Gasteiger partial charge in [-0.1, -0.05) is 23.8 Å². The molecule has 1 aromatic heterocycles. The normalized spacial score (nSPS) is 12.0. The summed E-state index contributed by atoms with van der Waals surface area (Å²) in [6.07, 6.45) is 2.17. The average Bonchev–Trinajstić information content (AvgIpc) is 3.28. The third-order valence-corrected chi connectivity index (χ3v) is 7.25. The van der Waals surface area contributed by atoms with Crippen molar-refractivity contribution < 1.29 is 30.6 Å². The Morgan fingerprint density at radius 1 is 1.14 bits per heavy atom. The predicted octanol–water partition coefficient (Wildman–Crippen LogP) is 2.96. The van der Waals surface area contributed by atoms with Gasteiger partial charge in [-0.2, -0.15) is 23.0 Å². The van der Waals surface area contributed by atoms with Gasteiger partial charge in [-0.15, -0.1) is 0 Å². The van der Waals surface area contributed by atoms with Crippen LogP contribution in [-0.4, -0.2) is 45.0 Å². The number of nitriles is 1. The number of anilines is 1. The highest BCUT2D eigenvalue weighted by atomic mass is 32.2. The van der Waals surface area contributed by atoms with Gasteiger partial charge in [-0.05, 0) is 49.8 Å². The van der Waals surface area contributed by atoms with E-state index in [4.69, 9.17) is 8.92 Å². The van der Waals surface area contributed by atoms with Gasteiger partial charge in [-0.25, -0.2) is 8.42 Å². The topological polar surface area (TPSA) is 165 Å². The molecule has 14 heteroatoms. The van der Waals surface area contributed by atoms with E-state index in [0.29, 0.717) is 17.1 Å². The zero-order valence-corrected chi connectivity index (χ0v) is 21.7. The molecule has 0 unspecified atom stereocenters. The number of benzene rings is 2. The molecule has 1 N–H and O–H groups in total. The summed E-state index contributed by atoms with van der Waals surface area (Å²) >= 11 is 0.652. The maximum Gasteiger partial charge on any atom is 0.339 e. The van der Waals surface area contributed by atoms with Crippen LogP contribution in [0.3, 0.4) is 0 Å². The fourth-order valence-corrected chi connectivity index (χ4v) is 5.09.